The quantitative estimate of drug-likeness (QED) is 0.223. The van der Waals surface area contributed by atoms with Crippen LogP contribution in [0.25, 0.3) is 21.9 Å². The molecule has 0 saturated carbocycles. The second-order valence-electron chi connectivity index (χ2n) is 7.85. The van der Waals surface area contributed by atoms with Crippen molar-refractivity contribution in [3.8, 4) is 11.1 Å². The van der Waals surface area contributed by atoms with E-state index < -0.39 is 6.04 Å². The number of carbonyl (C=O) groups excluding carboxylic acids is 2. The topological polar surface area (TPSA) is 124 Å². The molecular formula is C26H25N5O2. The number of benzene rings is 3. The predicted octanol–water partition coefficient (Wildman–Crippen LogP) is 3.55. The van der Waals surface area contributed by atoms with Crippen LogP contribution in [0.5, 0.6) is 0 Å². The van der Waals surface area contributed by atoms with Gasteiger partial charge in [0.2, 0.25) is 5.91 Å². The van der Waals surface area contributed by atoms with Crippen LogP contribution in [-0.4, -0.2) is 28.7 Å². The Morgan fingerprint density at radius 2 is 1.76 bits per heavy atom. The molecule has 7 nitrogen and oxygen atoms in total. The summed E-state index contributed by atoms with van der Waals surface area (Å²) in [5.41, 5.74) is 9.27. The zero-order valence-electron chi connectivity index (χ0n) is 18.2. The first kappa shape index (κ1) is 21.8. The molecule has 2 amide bonds. The molecule has 0 unspecified atom stereocenters. The maximum Gasteiger partial charge on any atom is 0.268 e. The molecule has 3 aromatic carbocycles. The molecule has 4 aromatic rings. The number of hydrogen-bond acceptors (Lipinski definition) is 3. The van der Waals surface area contributed by atoms with Crippen molar-refractivity contribution in [1.29, 1.82) is 5.41 Å². The van der Waals surface area contributed by atoms with Crippen LogP contribution < -0.4 is 16.4 Å². The average molecular weight is 440 g/mol. The van der Waals surface area contributed by atoms with E-state index in [0.29, 0.717) is 17.8 Å². The molecule has 0 bridgehead atoms. The van der Waals surface area contributed by atoms with Crippen molar-refractivity contribution in [3.63, 3.8) is 0 Å². The summed E-state index contributed by atoms with van der Waals surface area (Å²) in [6, 6.07) is 22.3. The van der Waals surface area contributed by atoms with Crippen molar-refractivity contribution in [2.45, 2.75) is 19.5 Å². The van der Waals surface area contributed by atoms with Crippen LogP contribution in [0.4, 0.5) is 0 Å². The van der Waals surface area contributed by atoms with Crippen LogP contribution in [0.15, 0.2) is 79.0 Å². The van der Waals surface area contributed by atoms with Gasteiger partial charge >= 0.3 is 0 Å². The third kappa shape index (κ3) is 4.93. The smallest absolute Gasteiger partial charge is 0.268 e. The van der Waals surface area contributed by atoms with E-state index in [-0.39, 0.29) is 17.6 Å². The first-order valence-electron chi connectivity index (χ1n) is 10.6. The lowest BCUT2D eigenvalue weighted by Crippen LogP contribution is -2.44. The van der Waals surface area contributed by atoms with Gasteiger partial charge in [0.1, 0.15) is 17.6 Å². The van der Waals surface area contributed by atoms with Crippen LogP contribution in [0.1, 0.15) is 28.5 Å². The summed E-state index contributed by atoms with van der Waals surface area (Å²) >= 11 is 0. The molecule has 1 aromatic heterocycles. The summed E-state index contributed by atoms with van der Waals surface area (Å²) in [4.78, 5) is 28.1. The van der Waals surface area contributed by atoms with Gasteiger partial charge in [-0.3, -0.25) is 15.0 Å². The highest BCUT2D eigenvalue weighted by atomic mass is 16.2. The molecule has 0 aliphatic carbocycles. The van der Waals surface area contributed by atoms with Gasteiger partial charge in [0.05, 0.1) is 0 Å². The van der Waals surface area contributed by atoms with Crippen molar-refractivity contribution in [2.75, 3.05) is 0 Å². The van der Waals surface area contributed by atoms with E-state index >= 15 is 0 Å². The third-order valence-electron chi connectivity index (χ3n) is 5.50. The first-order chi connectivity index (χ1) is 15.9. The average Bonchev–Trinajstić information content (AvgIpc) is 3.32. The second-order valence-corrected chi connectivity index (χ2v) is 7.85. The fourth-order valence-electron chi connectivity index (χ4n) is 3.64. The third-order valence-corrected chi connectivity index (χ3v) is 5.50. The molecule has 166 valence electrons. The highest BCUT2D eigenvalue weighted by Crippen LogP contribution is 2.29. The molecule has 7 heteroatoms. The number of fused-ring (bicyclic) bond motifs is 1. The van der Waals surface area contributed by atoms with E-state index in [2.05, 4.69) is 33.8 Å². The van der Waals surface area contributed by atoms with Crippen molar-refractivity contribution < 1.29 is 9.59 Å². The number of nitrogens with one attached hydrogen (secondary N) is 4. The van der Waals surface area contributed by atoms with Gasteiger partial charge in [-0.25, -0.2) is 0 Å². The Bertz CT molecular complexity index is 1320. The maximum absolute atomic E-state index is 12.7. The first-order valence-corrected chi connectivity index (χ1v) is 10.6. The highest BCUT2D eigenvalue weighted by Gasteiger charge is 2.18. The molecule has 0 spiro atoms. The van der Waals surface area contributed by atoms with E-state index in [9.17, 15) is 9.59 Å². The minimum Gasteiger partial charge on any atom is -0.384 e. The normalized spacial score (nSPS) is 11.7. The molecule has 1 atom stereocenters. The number of nitrogens with two attached hydrogens (primary N) is 1. The number of rotatable bonds is 7. The van der Waals surface area contributed by atoms with E-state index in [4.69, 9.17) is 11.1 Å². The van der Waals surface area contributed by atoms with E-state index in [1.807, 2.05) is 24.3 Å². The van der Waals surface area contributed by atoms with E-state index in [1.165, 1.54) is 0 Å². The zero-order chi connectivity index (χ0) is 23.4. The molecular weight excluding hydrogens is 414 g/mol. The largest absolute Gasteiger partial charge is 0.384 e. The van der Waals surface area contributed by atoms with Crippen molar-refractivity contribution >= 4 is 28.4 Å². The van der Waals surface area contributed by atoms with E-state index in [1.54, 1.807) is 43.5 Å². The minimum absolute atomic E-state index is 0.00477. The van der Waals surface area contributed by atoms with Gasteiger partial charge in [-0.2, -0.15) is 0 Å². The molecule has 0 radical (unpaired) electrons. The van der Waals surface area contributed by atoms with Crippen molar-refractivity contribution in [3.05, 3.63) is 95.8 Å². The number of carbonyl (C=O) groups is 2. The molecule has 0 saturated heterocycles. The number of aromatic nitrogens is 1. The molecule has 4 rings (SSSR count). The summed E-state index contributed by atoms with van der Waals surface area (Å²) in [5.74, 6) is -0.648. The Labute approximate surface area is 191 Å². The fourth-order valence-corrected chi connectivity index (χ4v) is 3.64. The lowest BCUT2D eigenvalue weighted by Gasteiger charge is -2.14. The molecule has 33 heavy (non-hydrogen) atoms. The van der Waals surface area contributed by atoms with Gasteiger partial charge < -0.3 is 21.4 Å². The summed E-state index contributed by atoms with van der Waals surface area (Å²) in [6.07, 6.45) is 1.80. The van der Waals surface area contributed by atoms with Gasteiger partial charge in [0, 0.05) is 23.9 Å². The Morgan fingerprint density at radius 1 is 1.03 bits per heavy atom. The van der Waals surface area contributed by atoms with Gasteiger partial charge in [-0.15, -0.1) is 0 Å². The maximum atomic E-state index is 12.7. The zero-order valence-corrected chi connectivity index (χ0v) is 18.2. The van der Waals surface area contributed by atoms with Crippen molar-refractivity contribution in [1.82, 2.24) is 15.6 Å². The van der Waals surface area contributed by atoms with Crippen LogP contribution in [0, 0.1) is 5.41 Å². The number of amidine groups is 1. The van der Waals surface area contributed by atoms with Crippen LogP contribution in [0.2, 0.25) is 0 Å². The van der Waals surface area contributed by atoms with Crippen LogP contribution >= 0.6 is 0 Å². The summed E-state index contributed by atoms with van der Waals surface area (Å²) in [5, 5.41) is 15.2. The highest BCUT2D eigenvalue weighted by molar-refractivity contribution is 6.00. The number of amides is 2. The Morgan fingerprint density at radius 3 is 2.52 bits per heavy atom. The molecule has 1 heterocycles. The number of aromatic amines is 1. The Kier molecular flexibility index (Phi) is 6.22. The van der Waals surface area contributed by atoms with Crippen molar-refractivity contribution in [2.24, 2.45) is 5.73 Å². The van der Waals surface area contributed by atoms with E-state index in [0.717, 1.165) is 27.5 Å². The van der Waals surface area contributed by atoms with Crippen LogP contribution in [0.3, 0.4) is 0 Å². The molecule has 0 aliphatic rings. The molecule has 6 N–H and O–H groups in total. The van der Waals surface area contributed by atoms with Gasteiger partial charge in [-0.05, 0) is 34.9 Å². The predicted molar refractivity (Wildman–Crippen MR) is 130 cm³/mol. The lowest BCUT2D eigenvalue weighted by atomic mass is 10.0. The van der Waals surface area contributed by atoms with Gasteiger partial charge in [-0.1, -0.05) is 66.7 Å². The molecule has 0 fully saturated rings. The minimum atomic E-state index is -0.710. The summed E-state index contributed by atoms with van der Waals surface area (Å²) in [6.45, 7) is 1.95. The number of H-pyrrole nitrogens is 1. The Balaban J connectivity index is 1.37. The molecule has 0 aliphatic heterocycles. The Hall–Kier alpha value is -4.39. The number of hydrogen-bond donors (Lipinski definition) is 5. The van der Waals surface area contributed by atoms with Crippen LogP contribution in [-0.2, 0) is 11.3 Å². The standard InChI is InChI=1S/C26H25N5O2/c1-16(25(32)30-14-17-9-11-19(12-10-17)24(27)28)31-26(33)23-13-20(15-29-23)22-8-4-6-18-5-2-3-7-21(18)22/h2-13,15-16,29H,14H2,1H3,(H3,27,28)(H,30,32)(H,31,33)/t16-/m0/s1. The van der Waals surface area contributed by atoms with Gasteiger partial charge in [0.25, 0.3) is 5.91 Å². The second kappa shape index (κ2) is 9.40. The number of nitrogen functional groups attached to an aromatic ring is 1. The monoisotopic (exact) mass is 439 g/mol. The summed E-state index contributed by atoms with van der Waals surface area (Å²) in [7, 11) is 0. The van der Waals surface area contributed by atoms with Gasteiger partial charge in [0.15, 0.2) is 0 Å². The lowest BCUT2D eigenvalue weighted by molar-refractivity contribution is -0.122. The summed E-state index contributed by atoms with van der Waals surface area (Å²) < 4.78 is 0. The SMILES string of the molecule is C[C@H](NC(=O)c1cc(-c2cccc3ccccc23)c[nH]1)C(=O)NCc1ccc(C(=N)N)cc1. The fraction of sp³-hybridized carbons (Fsp3) is 0.115.